The van der Waals surface area contributed by atoms with Crippen LogP contribution in [-0.4, -0.2) is 22.5 Å². The van der Waals surface area contributed by atoms with Gasteiger partial charge in [-0.05, 0) is 54.8 Å². The maximum absolute atomic E-state index is 12.1. The van der Waals surface area contributed by atoms with Gasteiger partial charge in [0, 0.05) is 23.5 Å². The van der Waals surface area contributed by atoms with Crippen molar-refractivity contribution in [1.82, 2.24) is 9.97 Å². The summed E-state index contributed by atoms with van der Waals surface area (Å²) in [6.07, 6.45) is 13.0. The molecule has 0 saturated heterocycles. The molecule has 186 valence electrons. The molecule has 1 atom stereocenters. The third-order valence-corrected chi connectivity index (χ3v) is 6.06. The minimum atomic E-state index is -0.189. The third-order valence-electron chi connectivity index (χ3n) is 6.06. The summed E-state index contributed by atoms with van der Waals surface area (Å²) in [5, 5.41) is 0. The average Bonchev–Trinajstić information content (AvgIpc) is 2.89. The molecule has 0 aliphatic carbocycles. The highest BCUT2D eigenvalue weighted by Crippen LogP contribution is 2.25. The second-order valence-electron chi connectivity index (χ2n) is 9.07. The van der Waals surface area contributed by atoms with Crippen molar-refractivity contribution in [2.24, 2.45) is 5.92 Å². The minimum Gasteiger partial charge on any atom is -0.494 e. The molecule has 5 nitrogen and oxygen atoms in total. The van der Waals surface area contributed by atoms with Crippen LogP contribution in [0.3, 0.4) is 0 Å². The maximum atomic E-state index is 12.1. The van der Waals surface area contributed by atoms with Crippen molar-refractivity contribution in [1.29, 1.82) is 0 Å². The molecule has 0 aliphatic heterocycles. The molecule has 0 fully saturated rings. The van der Waals surface area contributed by atoms with Crippen LogP contribution in [0.15, 0.2) is 60.9 Å². The molecule has 1 unspecified atom stereocenters. The summed E-state index contributed by atoms with van der Waals surface area (Å²) in [6, 6.07) is 15.4. The number of aromatic nitrogens is 2. The van der Waals surface area contributed by atoms with E-state index in [1.807, 2.05) is 67.8 Å². The number of hydrogen-bond donors (Lipinski definition) is 0. The van der Waals surface area contributed by atoms with Gasteiger partial charge in [0.25, 0.3) is 0 Å². The molecule has 0 saturated carbocycles. The first-order chi connectivity index (χ1) is 17.1. The monoisotopic (exact) mass is 474 g/mol. The van der Waals surface area contributed by atoms with E-state index in [9.17, 15) is 4.79 Å². The van der Waals surface area contributed by atoms with Gasteiger partial charge in [-0.15, -0.1) is 0 Å². The van der Waals surface area contributed by atoms with Crippen molar-refractivity contribution >= 4 is 5.97 Å². The molecule has 2 aromatic carbocycles. The number of rotatable bonds is 14. The van der Waals surface area contributed by atoms with Gasteiger partial charge in [0.2, 0.25) is 0 Å². The number of esters is 1. The van der Waals surface area contributed by atoms with Crippen molar-refractivity contribution in [2.45, 2.75) is 72.1 Å². The Morgan fingerprint density at radius 1 is 0.743 bits per heavy atom. The van der Waals surface area contributed by atoms with E-state index < -0.39 is 0 Å². The summed E-state index contributed by atoms with van der Waals surface area (Å²) in [5.41, 5.74) is 2.83. The normalized spacial score (nSPS) is 11.7. The Labute approximate surface area is 209 Å². The number of benzene rings is 2. The van der Waals surface area contributed by atoms with E-state index >= 15 is 0 Å². The predicted molar refractivity (Wildman–Crippen MR) is 141 cm³/mol. The Morgan fingerprint density at radius 2 is 1.34 bits per heavy atom. The van der Waals surface area contributed by atoms with Gasteiger partial charge in [-0.2, -0.15) is 0 Å². The van der Waals surface area contributed by atoms with Crippen LogP contribution in [0.25, 0.3) is 22.5 Å². The number of nitrogens with zero attached hydrogens (tertiary/aromatic N) is 2. The van der Waals surface area contributed by atoms with E-state index in [0.29, 0.717) is 11.6 Å². The third kappa shape index (κ3) is 8.50. The molecule has 1 aromatic heterocycles. The molecule has 5 heteroatoms. The lowest BCUT2D eigenvalue weighted by Gasteiger charge is -2.10. The topological polar surface area (TPSA) is 61.3 Å². The Balaban J connectivity index is 1.51. The highest BCUT2D eigenvalue weighted by atomic mass is 16.5. The molecular weight excluding hydrogens is 436 g/mol. The van der Waals surface area contributed by atoms with E-state index in [1.165, 1.54) is 32.1 Å². The summed E-state index contributed by atoms with van der Waals surface area (Å²) >= 11 is 0. The Morgan fingerprint density at radius 3 is 2.00 bits per heavy atom. The van der Waals surface area contributed by atoms with Gasteiger partial charge in [0.05, 0.1) is 12.5 Å². The zero-order chi connectivity index (χ0) is 24.9. The highest BCUT2D eigenvalue weighted by Gasteiger charge is 2.14. The molecular formula is C30H38N2O3. The molecule has 0 spiro atoms. The van der Waals surface area contributed by atoms with Gasteiger partial charge in [-0.1, -0.05) is 71.4 Å². The summed E-state index contributed by atoms with van der Waals surface area (Å²) in [4.78, 5) is 21.2. The lowest BCUT2D eigenvalue weighted by atomic mass is 10.1. The number of hydrogen-bond acceptors (Lipinski definition) is 5. The van der Waals surface area contributed by atoms with Crippen molar-refractivity contribution in [3.8, 4) is 34.0 Å². The van der Waals surface area contributed by atoms with Gasteiger partial charge in [0.1, 0.15) is 11.5 Å². The average molecular weight is 475 g/mol. The molecule has 3 rings (SSSR count). The first-order valence-corrected chi connectivity index (χ1v) is 13.0. The minimum absolute atomic E-state index is 0.0958. The van der Waals surface area contributed by atoms with E-state index in [0.717, 1.165) is 48.3 Å². The number of ether oxygens (including phenoxy) is 2. The van der Waals surface area contributed by atoms with Crippen molar-refractivity contribution in [3.05, 3.63) is 60.9 Å². The molecule has 0 amide bonds. The van der Waals surface area contributed by atoms with Gasteiger partial charge in [0.15, 0.2) is 5.82 Å². The SMILES string of the molecule is CCCCCCCCOc1ccc(-c2ncc(-c3ccc(OC(=O)C(C)CCC)cc3)cn2)cc1. The van der Waals surface area contributed by atoms with Crippen LogP contribution in [0.4, 0.5) is 0 Å². The first-order valence-electron chi connectivity index (χ1n) is 13.0. The van der Waals surface area contributed by atoms with Crippen molar-refractivity contribution in [3.63, 3.8) is 0 Å². The van der Waals surface area contributed by atoms with Crippen LogP contribution in [0.5, 0.6) is 11.5 Å². The fraction of sp³-hybridized carbons (Fsp3) is 0.433. The Hall–Kier alpha value is -3.21. The standard InChI is InChI=1S/C30H38N2O3/c1-4-6-7-8-9-10-20-34-27-16-14-25(15-17-27)29-31-21-26(22-32-29)24-12-18-28(19-13-24)35-30(33)23(3)11-5-2/h12-19,21-23H,4-11,20H2,1-3H3. The van der Waals surface area contributed by atoms with Crippen LogP contribution in [-0.2, 0) is 4.79 Å². The second kappa shape index (κ2) is 14.2. The number of carbonyl (C=O) groups is 1. The number of unbranched alkanes of at least 4 members (excludes halogenated alkanes) is 5. The Kier molecular flexibility index (Phi) is 10.7. The largest absolute Gasteiger partial charge is 0.494 e. The van der Waals surface area contributed by atoms with Crippen LogP contribution >= 0.6 is 0 Å². The van der Waals surface area contributed by atoms with E-state index in [4.69, 9.17) is 9.47 Å². The van der Waals surface area contributed by atoms with Gasteiger partial charge in [-0.25, -0.2) is 9.97 Å². The molecule has 0 bridgehead atoms. The van der Waals surface area contributed by atoms with E-state index in [1.54, 1.807) is 0 Å². The molecule has 0 radical (unpaired) electrons. The zero-order valence-corrected chi connectivity index (χ0v) is 21.3. The zero-order valence-electron chi connectivity index (χ0n) is 21.3. The van der Waals surface area contributed by atoms with Crippen LogP contribution in [0, 0.1) is 5.92 Å². The van der Waals surface area contributed by atoms with Crippen molar-refractivity contribution < 1.29 is 14.3 Å². The Bertz CT molecular complexity index is 1010. The predicted octanol–water partition coefficient (Wildman–Crippen LogP) is 7.89. The molecule has 3 aromatic rings. The van der Waals surface area contributed by atoms with Gasteiger partial charge in [-0.3, -0.25) is 4.79 Å². The van der Waals surface area contributed by atoms with Gasteiger partial charge < -0.3 is 9.47 Å². The fourth-order valence-electron chi connectivity index (χ4n) is 3.88. The fourth-order valence-corrected chi connectivity index (χ4v) is 3.88. The quantitative estimate of drug-likeness (QED) is 0.135. The summed E-state index contributed by atoms with van der Waals surface area (Å²) in [7, 11) is 0. The molecule has 0 aliphatic rings. The highest BCUT2D eigenvalue weighted by molar-refractivity contribution is 5.75. The summed E-state index contributed by atoms with van der Waals surface area (Å²) < 4.78 is 11.3. The van der Waals surface area contributed by atoms with Crippen LogP contribution < -0.4 is 9.47 Å². The lowest BCUT2D eigenvalue weighted by Crippen LogP contribution is -2.17. The lowest BCUT2D eigenvalue weighted by molar-refractivity contribution is -0.138. The van der Waals surface area contributed by atoms with E-state index in [-0.39, 0.29) is 11.9 Å². The maximum Gasteiger partial charge on any atom is 0.314 e. The molecule has 35 heavy (non-hydrogen) atoms. The molecule has 1 heterocycles. The smallest absolute Gasteiger partial charge is 0.314 e. The van der Waals surface area contributed by atoms with Gasteiger partial charge >= 0.3 is 5.97 Å². The van der Waals surface area contributed by atoms with Crippen LogP contribution in [0.1, 0.15) is 72.1 Å². The summed E-state index contributed by atoms with van der Waals surface area (Å²) in [5.74, 6) is 1.82. The molecule has 0 N–H and O–H groups in total. The van der Waals surface area contributed by atoms with Crippen LogP contribution in [0.2, 0.25) is 0 Å². The summed E-state index contributed by atoms with van der Waals surface area (Å²) in [6.45, 7) is 6.96. The van der Waals surface area contributed by atoms with E-state index in [2.05, 4.69) is 23.8 Å². The second-order valence-corrected chi connectivity index (χ2v) is 9.07. The number of carbonyl (C=O) groups excluding carboxylic acids is 1. The first kappa shape index (κ1) is 26.4. The van der Waals surface area contributed by atoms with Crippen molar-refractivity contribution in [2.75, 3.05) is 6.61 Å².